The van der Waals surface area contributed by atoms with Crippen LogP contribution in [0, 0.1) is 0 Å². The van der Waals surface area contributed by atoms with E-state index in [2.05, 4.69) is 10.1 Å². The summed E-state index contributed by atoms with van der Waals surface area (Å²) in [7, 11) is 0. The average Bonchev–Trinajstić information content (AvgIpc) is 2.53. The van der Waals surface area contributed by atoms with Crippen molar-refractivity contribution in [3.8, 4) is 5.75 Å². The molecule has 1 amide bonds. The number of hydrogen-bond donors (Lipinski definition) is 1. The Bertz CT molecular complexity index is 772. The van der Waals surface area contributed by atoms with Crippen molar-refractivity contribution in [3.05, 3.63) is 65.7 Å². The number of amides is 1. The maximum absolute atomic E-state index is 12.3. The highest BCUT2D eigenvalue weighted by Gasteiger charge is 2.07. The molecule has 0 unspecified atom stereocenters. The van der Waals surface area contributed by atoms with Gasteiger partial charge in [-0.05, 0) is 31.2 Å². The zero-order valence-electron chi connectivity index (χ0n) is 12.8. The van der Waals surface area contributed by atoms with Gasteiger partial charge in [-0.1, -0.05) is 30.3 Å². The Hall–Kier alpha value is -3.02. The molecule has 2 aromatic rings. The van der Waals surface area contributed by atoms with Gasteiger partial charge in [0.15, 0.2) is 5.78 Å². The Labute approximate surface area is 137 Å². The molecule has 0 heterocycles. The third-order valence-corrected chi connectivity index (χ3v) is 3.09. The molecule has 0 atom stereocenters. The summed E-state index contributed by atoms with van der Waals surface area (Å²) >= 11 is 0. The molecule has 0 aliphatic rings. The van der Waals surface area contributed by atoms with Crippen LogP contribution in [0.2, 0.25) is 0 Å². The standard InChI is InChI=1S/C18H15F2NO3/c1-12(22)14-6-4-7-15(11-14)21-17(23)10-9-13-5-2-3-8-16(13)24-18(19)20/h2-11,18H,1H3,(H,21,23)/b10-9+. The minimum absolute atomic E-state index is 0.0184. The van der Waals surface area contributed by atoms with Crippen LogP contribution in [0.25, 0.3) is 6.08 Å². The number of Topliss-reactive ketones (excluding diaryl/α,β-unsaturated/α-hetero) is 1. The highest BCUT2D eigenvalue weighted by atomic mass is 19.3. The minimum Gasteiger partial charge on any atom is -0.434 e. The van der Waals surface area contributed by atoms with E-state index in [1.165, 1.54) is 25.1 Å². The number of carbonyl (C=O) groups is 2. The van der Waals surface area contributed by atoms with Crippen molar-refractivity contribution in [2.24, 2.45) is 0 Å². The number of nitrogens with one attached hydrogen (secondary N) is 1. The Morgan fingerprint density at radius 1 is 1.12 bits per heavy atom. The lowest BCUT2D eigenvalue weighted by molar-refractivity contribution is -0.111. The van der Waals surface area contributed by atoms with Crippen LogP contribution >= 0.6 is 0 Å². The second kappa shape index (κ2) is 8.01. The van der Waals surface area contributed by atoms with Gasteiger partial charge in [0.2, 0.25) is 5.91 Å². The number of ether oxygens (including phenoxy) is 1. The third kappa shape index (κ3) is 5.01. The van der Waals surface area contributed by atoms with Crippen LogP contribution in [0.5, 0.6) is 5.75 Å². The number of para-hydroxylation sites is 1. The van der Waals surface area contributed by atoms with Crippen molar-refractivity contribution >= 4 is 23.5 Å². The van der Waals surface area contributed by atoms with Crippen molar-refractivity contribution in [3.63, 3.8) is 0 Å². The molecule has 0 bridgehead atoms. The number of benzene rings is 2. The third-order valence-electron chi connectivity index (χ3n) is 3.09. The van der Waals surface area contributed by atoms with Crippen LogP contribution in [-0.4, -0.2) is 18.3 Å². The SMILES string of the molecule is CC(=O)c1cccc(NC(=O)/C=C/c2ccccc2OC(F)F)c1. The van der Waals surface area contributed by atoms with E-state index >= 15 is 0 Å². The maximum Gasteiger partial charge on any atom is 0.387 e. The lowest BCUT2D eigenvalue weighted by Crippen LogP contribution is -2.08. The quantitative estimate of drug-likeness (QED) is 0.639. The molecule has 0 radical (unpaired) electrons. The molecule has 0 aliphatic carbocycles. The van der Waals surface area contributed by atoms with Crippen LogP contribution in [0.3, 0.4) is 0 Å². The van der Waals surface area contributed by atoms with Crippen molar-refractivity contribution < 1.29 is 23.1 Å². The molecule has 124 valence electrons. The lowest BCUT2D eigenvalue weighted by atomic mass is 10.1. The van der Waals surface area contributed by atoms with Crippen LogP contribution in [0.4, 0.5) is 14.5 Å². The molecule has 24 heavy (non-hydrogen) atoms. The molecule has 0 saturated carbocycles. The Morgan fingerprint density at radius 3 is 2.58 bits per heavy atom. The molecule has 0 aliphatic heterocycles. The lowest BCUT2D eigenvalue weighted by Gasteiger charge is -2.07. The number of rotatable bonds is 6. The number of halogens is 2. The van der Waals surface area contributed by atoms with Crippen LogP contribution < -0.4 is 10.1 Å². The predicted molar refractivity (Wildman–Crippen MR) is 87.2 cm³/mol. The molecular formula is C18H15F2NO3. The highest BCUT2D eigenvalue weighted by Crippen LogP contribution is 2.21. The van der Waals surface area contributed by atoms with Crippen LogP contribution in [0.15, 0.2) is 54.6 Å². The molecule has 1 N–H and O–H groups in total. The number of ketones is 1. The summed E-state index contributed by atoms with van der Waals surface area (Å²) in [6.45, 7) is -1.51. The highest BCUT2D eigenvalue weighted by molar-refractivity contribution is 6.03. The van der Waals surface area contributed by atoms with Crippen molar-refractivity contribution in [1.29, 1.82) is 0 Å². The van der Waals surface area contributed by atoms with E-state index in [1.54, 1.807) is 42.5 Å². The summed E-state index contributed by atoms with van der Waals surface area (Å²) in [4.78, 5) is 23.2. The monoisotopic (exact) mass is 331 g/mol. The number of alkyl halides is 2. The average molecular weight is 331 g/mol. The van der Waals surface area contributed by atoms with Gasteiger partial charge in [-0.15, -0.1) is 0 Å². The van der Waals surface area contributed by atoms with Gasteiger partial charge in [-0.25, -0.2) is 0 Å². The zero-order chi connectivity index (χ0) is 17.5. The number of hydrogen-bond acceptors (Lipinski definition) is 3. The van der Waals surface area contributed by atoms with E-state index in [9.17, 15) is 18.4 Å². The van der Waals surface area contributed by atoms with Crippen molar-refractivity contribution in [2.75, 3.05) is 5.32 Å². The van der Waals surface area contributed by atoms with Gasteiger partial charge in [0.1, 0.15) is 5.75 Å². The summed E-state index contributed by atoms with van der Waals surface area (Å²) in [6, 6.07) is 12.6. The fraction of sp³-hybridized carbons (Fsp3) is 0.111. The van der Waals surface area contributed by atoms with E-state index in [0.29, 0.717) is 16.8 Å². The van der Waals surface area contributed by atoms with Gasteiger partial charge in [0, 0.05) is 22.9 Å². The normalized spacial score (nSPS) is 10.8. The summed E-state index contributed by atoms with van der Waals surface area (Å²) in [5.74, 6) is -0.586. The largest absolute Gasteiger partial charge is 0.434 e. The van der Waals surface area contributed by atoms with E-state index in [0.717, 1.165) is 0 Å². The first-order valence-electron chi connectivity index (χ1n) is 7.09. The molecule has 0 aromatic heterocycles. The fourth-order valence-corrected chi connectivity index (χ4v) is 1.99. The number of carbonyl (C=O) groups excluding carboxylic acids is 2. The molecule has 0 fully saturated rings. The fourth-order valence-electron chi connectivity index (χ4n) is 1.99. The second-order valence-corrected chi connectivity index (χ2v) is 4.88. The van der Waals surface area contributed by atoms with Crippen molar-refractivity contribution in [2.45, 2.75) is 13.5 Å². The predicted octanol–water partition coefficient (Wildman–Crippen LogP) is 4.14. The Balaban J connectivity index is 2.08. The molecule has 4 nitrogen and oxygen atoms in total. The van der Waals surface area contributed by atoms with Crippen LogP contribution in [0.1, 0.15) is 22.8 Å². The molecule has 2 aromatic carbocycles. The minimum atomic E-state index is -2.94. The van der Waals surface area contributed by atoms with Gasteiger partial charge >= 0.3 is 6.61 Å². The Morgan fingerprint density at radius 2 is 1.88 bits per heavy atom. The molecule has 2 rings (SSSR count). The van der Waals surface area contributed by atoms with Gasteiger partial charge < -0.3 is 10.1 Å². The summed E-state index contributed by atoms with van der Waals surface area (Å²) in [5, 5.41) is 2.60. The number of anilines is 1. The summed E-state index contributed by atoms with van der Waals surface area (Å²) in [5.41, 5.74) is 1.30. The molecule has 0 saturated heterocycles. The maximum atomic E-state index is 12.3. The van der Waals surface area contributed by atoms with Crippen molar-refractivity contribution in [1.82, 2.24) is 0 Å². The van der Waals surface area contributed by atoms with Crippen LogP contribution in [-0.2, 0) is 4.79 Å². The molecular weight excluding hydrogens is 316 g/mol. The topological polar surface area (TPSA) is 55.4 Å². The van der Waals surface area contributed by atoms with Gasteiger partial charge in [-0.3, -0.25) is 9.59 Å². The summed E-state index contributed by atoms with van der Waals surface area (Å²) in [6.07, 6.45) is 2.58. The molecule has 0 spiro atoms. The smallest absolute Gasteiger partial charge is 0.387 e. The first-order valence-corrected chi connectivity index (χ1v) is 7.09. The van der Waals surface area contributed by atoms with E-state index < -0.39 is 12.5 Å². The zero-order valence-corrected chi connectivity index (χ0v) is 12.8. The van der Waals surface area contributed by atoms with Gasteiger partial charge in [-0.2, -0.15) is 8.78 Å². The molecule has 6 heteroatoms. The first kappa shape index (κ1) is 17.3. The van der Waals surface area contributed by atoms with E-state index in [1.807, 2.05) is 0 Å². The van der Waals surface area contributed by atoms with Gasteiger partial charge in [0.25, 0.3) is 0 Å². The summed E-state index contributed by atoms with van der Waals surface area (Å²) < 4.78 is 29.1. The Kier molecular flexibility index (Phi) is 5.78. The van der Waals surface area contributed by atoms with Gasteiger partial charge in [0.05, 0.1) is 0 Å². The first-order chi connectivity index (χ1) is 11.5. The van der Waals surface area contributed by atoms with E-state index in [4.69, 9.17) is 0 Å². The second-order valence-electron chi connectivity index (χ2n) is 4.88. The van der Waals surface area contributed by atoms with E-state index in [-0.39, 0.29) is 11.5 Å².